The van der Waals surface area contributed by atoms with E-state index in [0.29, 0.717) is 0 Å². The van der Waals surface area contributed by atoms with Crippen LogP contribution in [0.5, 0.6) is 0 Å². The van der Waals surface area contributed by atoms with E-state index >= 15 is 0 Å². The minimum absolute atomic E-state index is 0. The van der Waals surface area contributed by atoms with Crippen molar-refractivity contribution in [3.63, 3.8) is 0 Å². The van der Waals surface area contributed by atoms with E-state index in [4.69, 9.17) is 0 Å². The van der Waals surface area contributed by atoms with Gasteiger partial charge in [-0.25, -0.2) is 0 Å². The van der Waals surface area contributed by atoms with Gasteiger partial charge >= 0.3 is 58.2 Å². The maximum absolute atomic E-state index is 2.31. The molecule has 0 aliphatic carbocycles. The molecule has 144 valence electrons. The Bertz CT molecular complexity index is 906. The Kier molecular flexibility index (Phi) is 7.74. The van der Waals surface area contributed by atoms with Crippen LogP contribution in [0.3, 0.4) is 0 Å². The zero-order valence-electron chi connectivity index (χ0n) is 18.8. The predicted octanol–water partition coefficient (Wildman–Crippen LogP) is 1.30. The summed E-state index contributed by atoms with van der Waals surface area (Å²) < 4.78 is 0. The zero-order chi connectivity index (χ0) is 20.4. The molecule has 0 radical (unpaired) electrons. The maximum Gasteiger partial charge on any atom is 1.00 e. The van der Waals surface area contributed by atoms with Crippen molar-refractivity contribution >= 4 is 28.0 Å². The third-order valence-corrected chi connectivity index (χ3v) is 6.31. The Morgan fingerprint density at radius 1 is 0.333 bits per heavy atom. The van der Waals surface area contributed by atoms with Crippen molar-refractivity contribution in [2.75, 3.05) is 0 Å². The molecule has 30 heavy (non-hydrogen) atoms. The van der Waals surface area contributed by atoms with E-state index < -0.39 is 6.15 Å². The molecular weight excluding hydrogens is 433 g/mol. The summed E-state index contributed by atoms with van der Waals surface area (Å²) in [5.41, 5.74) is 10.6. The summed E-state index contributed by atoms with van der Waals surface area (Å²) in [7, 11) is 0. The van der Waals surface area contributed by atoms with Crippen molar-refractivity contribution in [1.29, 1.82) is 0 Å². The Hall–Kier alpha value is -1.25. The van der Waals surface area contributed by atoms with Gasteiger partial charge in [-0.2, -0.15) is 21.9 Å². The molecular formula is C28H28BRb. The van der Waals surface area contributed by atoms with Gasteiger partial charge in [0.2, 0.25) is 0 Å². The Morgan fingerprint density at radius 3 is 0.667 bits per heavy atom. The molecule has 0 aliphatic heterocycles. The average molecular weight is 461 g/mol. The molecule has 0 fully saturated rings. The molecule has 0 N–H and O–H groups in total. The van der Waals surface area contributed by atoms with Crippen LogP contribution in [0.15, 0.2) is 97.1 Å². The van der Waals surface area contributed by atoms with Crippen LogP contribution in [0, 0.1) is 27.7 Å². The summed E-state index contributed by atoms with van der Waals surface area (Å²) in [6.07, 6.45) is -1.27. The van der Waals surface area contributed by atoms with Crippen LogP contribution in [-0.4, -0.2) is 6.15 Å². The zero-order valence-corrected chi connectivity index (χ0v) is 23.7. The van der Waals surface area contributed by atoms with E-state index in [2.05, 4.69) is 125 Å². The summed E-state index contributed by atoms with van der Waals surface area (Å²) >= 11 is 0. The Balaban J connectivity index is 0.00000256. The van der Waals surface area contributed by atoms with Crippen LogP contribution in [0.4, 0.5) is 0 Å². The molecule has 2 heteroatoms. The molecule has 4 rings (SSSR count). The molecule has 0 saturated heterocycles. The topological polar surface area (TPSA) is 0 Å². The Labute approximate surface area is 230 Å². The predicted molar refractivity (Wildman–Crippen MR) is 129 cm³/mol. The normalized spacial score (nSPS) is 11.1. The van der Waals surface area contributed by atoms with Crippen molar-refractivity contribution in [3.05, 3.63) is 119 Å². The molecule has 4 aromatic carbocycles. The summed E-state index contributed by atoms with van der Waals surface area (Å²) in [5, 5.41) is 0. The maximum atomic E-state index is 2.31. The summed E-state index contributed by atoms with van der Waals surface area (Å²) in [4.78, 5) is 0. The minimum Gasteiger partial charge on any atom is -0.195 e. The second-order valence-electron chi connectivity index (χ2n) is 8.51. The van der Waals surface area contributed by atoms with Gasteiger partial charge in [0.05, 0.1) is 0 Å². The summed E-state index contributed by atoms with van der Waals surface area (Å²) in [6, 6.07) is 36.4. The minimum atomic E-state index is -1.27. The third-order valence-electron chi connectivity index (χ3n) is 6.31. The number of hydrogen-bond donors (Lipinski definition) is 0. The first-order valence-electron chi connectivity index (χ1n) is 10.4. The van der Waals surface area contributed by atoms with Crippen molar-refractivity contribution in [2.24, 2.45) is 0 Å². The van der Waals surface area contributed by atoms with Crippen LogP contribution >= 0.6 is 0 Å². The second kappa shape index (κ2) is 9.92. The molecule has 0 heterocycles. The molecule has 4 aromatic rings. The Morgan fingerprint density at radius 2 is 0.500 bits per heavy atom. The molecule has 0 unspecified atom stereocenters. The van der Waals surface area contributed by atoms with Crippen molar-refractivity contribution in [2.45, 2.75) is 27.7 Å². The standard InChI is InChI=1S/C28H28B.Rb/c1-21-5-13-25(14-6-21)29(26-15-7-22(2)8-16-26,27-17-9-23(3)10-18-27)28-19-11-24(4)12-20-28;/h5-20H,1-4H3;/q-1;+1. The first-order valence-corrected chi connectivity index (χ1v) is 10.4. The van der Waals surface area contributed by atoms with E-state index in [9.17, 15) is 0 Å². The van der Waals surface area contributed by atoms with Crippen LogP contribution in [-0.2, 0) is 0 Å². The monoisotopic (exact) mass is 460 g/mol. The number of rotatable bonds is 4. The number of hydrogen-bond acceptors (Lipinski definition) is 0. The van der Waals surface area contributed by atoms with E-state index in [1.54, 1.807) is 0 Å². The molecule has 0 nitrogen and oxygen atoms in total. The fraction of sp³-hybridized carbons (Fsp3) is 0.143. The molecule has 0 spiro atoms. The van der Waals surface area contributed by atoms with E-state index in [1.807, 2.05) is 0 Å². The van der Waals surface area contributed by atoms with Crippen LogP contribution in [0.1, 0.15) is 22.3 Å². The van der Waals surface area contributed by atoms with Gasteiger partial charge in [-0.15, -0.1) is 0 Å². The van der Waals surface area contributed by atoms with Crippen molar-refractivity contribution in [3.8, 4) is 0 Å². The number of benzene rings is 4. The molecule has 0 atom stereocenters. The van der Waals surface area contributed by atoms with Gasteiger partial charge in [-0.05, 0) is 27.7 Å². The van der Waals surface area contributed by atoms with Crippen LogP contribution < -0.4 is 80.0 Å². The van der Waals surface area contributed by atoms with Crippen molar-refractivity contribution in [1.82, 2.24) is 0 Å². The third kappa shape index (κ3) is 4.50. The van der Waals surface area contributed by atoms with Crippen molar-refractivity contribution < 1.29 is 58.2 Å². The fourth-order valence-electron chi connectivity index (χ4n) is 4.58. The first-order chi connectivity index (χ1) is 14.0. The quantitative estimate of drug-likeness (QED) is 0.403. The van der Waals surface area contributed by atoms with Gasteiger partial charge < -0.3 is 0 Å². The van der Waals surface area contributed by atoms with Gasteiger partial charge in [-0.3, -0.25) is 0 Å². The van der Waals surface area contributed by atoms with Gasteiger partial charge in [0.25, 0.3) is 0 Å². The van der Waals surface area contributed by atoms with Gasteiger partial charge in [0.15, 0.2) is 0 Å². The number of aryl methyl sites for hydroxylation is 4. The second-order valence-corrected chi connectivity index (χ2v) is 8.51. The molecule has 0 saturated carbocycles. The molecule has 0 amide bonds. The van der Waals surface area contributed by atoms with Gasteiger partial charge in [0.1, 0.15) is 6.15 Å². The fourth-order valence-corrected chi connectivity index (χ4v) is 4.58. The molecule has 0 aromatic heterocycles. The summed E-state index contributed by atoms with van der Waals surface area (Å²) in [6.45, 7) is 8.62. The summed E-state index contributed by atoms with van der Waals surface area (Å²) in [5.74, 6) is 0. The average Bonchev–Trinajstić information content (AvgIpc) is 2.73. The van der Waals surface area contributed by atoms with E-state index in [0.717, 1.165) is 0 Å². The smallest absolute Gasteiger partial charge is 0.195 e. The molecule has 0 bridgehead atoms. The molecule has 0 aliphatic rings. The van der Waals surface area contributed by atoms with E-state index in [-0.39, 0.29) is 58.2 Å². The van der Waals surface area contributed by atoms with E-state index in [1.165, 1.54) is 44.1 Å². The SMILES string of the molecule is Cc1ccc([B-](c2ccc(C)cc2)(c2ccc(C)cc2)c2ccc(C)cc2)cc1.[Rb+]. The largest absolute Gasteiger partial charge is 1.00 e. The van der Waals surface area contributed by atoms with Gasteiger partial charge in [-0.1, -0.05) is 119 Å². The van der Waals surface area contributed by atoms with Crippen LogP contribution in [0.25, 0.3) is 0 Å². The van der Waals surface area contributed by atoms with Crippen LogP contribution in [0.2, 0.25) is 0 Å². The van der Waals surface area contributed by atoms with Gasteiger partial charge in [0, 0.05) is 0 Å². The first kappa shape index (κ1) is 23.4.